The number of carboxylic acid groups (broad SMARTS) is 1. The van der Waals surface area contributed by atoms with Gasteiger partial charge in [-0.1, -0.05) is 0 Å². The Morgan fingerprint density at radius 2 is 1.58 bits per heavy atom. The summed E-state index contributed by atoms with van der Waals surface area (Å²) >= 11 is 0. The van der Waals surface area contributed by atoms with Crippen molar-refractivity contribution in [2.24, 2.45) is 0 Å². The molecule has 0 amide bonds. The van der Waals surface area contributed by atoms with Gasteiger partial charge in [0.1, 0.15) is 17.2 Å². The molecule has 0 aliphatic carbocycles. The molecule has 0 radical (unpaired) electrons. The average molecular weight is 268 g/mol. The van der Waals surface area contributed by atoms with Crippen molar-refractivity contribution in [1.29, 1.82) is 0 Å². The molecule has 0 unspecified atom stereocenters. The zero-order valence-electron chi connectivity index (χ0n) is 11.3. The minimum absolute atomic E-state index is 0.215. The highest BCUT2D eigenvalue weighted by atomic mass is 16.5. The van der Waals surface area contributed by atoms with Gasteiger partial charge in [0, 0.05) is 24.6 Å². The molecule has 0 atom stereocenters. The summed E-state index contributed by atoms with van der Waals surface area (Å²) in [6.45, 7) is 0.552. The largest absolute Gasteiger partial charge is 0.496 e. The van der Waals surface area contributed by atoms with E-state index < -0.39 is 5.97 Å². The smallest absolute Gasteiger partial charge is 0.303 e. The number of methoxy groups -OCH3 is 2. The van der Waals surface area contributed by atoms with Crippen molar-refractivity contribution >= 4 is 5.97 Å². The van der Waals surface area contributed by atoms with Crippen molar-refractivity contribution in [3.05, 3.63) is 18.2 Å². The zero-order valence-corrected chi connectivity index (χ0v) is 11.3. The Labute approximate surface area is 113 Å². The van der Waals surface area contributed by atoms with Gasteiger partial charge in [0.25, 0.3) is 0 Å². The van der Waals surface area contributed by atoms with E-state index in [2.05, 4.69) is 0 Å². The van der Waals surface area contributed by atoms with Crippen LogP contribution in [0.15, 0.2) is 18.2 Å². The van der Waals surface area contributed by atoms with Gasteiger partial charge >= 0.3 is 5.97 Å². The number of unbranched alkanes of at least 4 members (excludes halogenated alkanes) is 2. The van der Waals surface area contributed by atoms with Crippen molar-refractivity contribution in [1.82, 2.24) is 0 Å². The van der Waals surface area contributed by atoms with Crippen LogP contribution in [0, 0.1) is 0 Å². The SMILES string of the molecule is COc1cc(OC)cc(OCCCCCC(=O)O)c1. The molecule has 1 N–H and O–H groups in total. The number of carbonyl (C=O) groups is 1. The first kappa shape index (κ1) is 15.1. The van der Waals surface area contributed by atoms with Gasteiger partial charge in [-0.3, -0.25) is 4.79 Å². The fourth-order valence-electron chi connectivity index (χ4n) is 1.61. The summed E-state index contributed by atoms with van der Waals surface area (Å²) in [7, 11) is 3.18. The van der Waals surface area contributed by atoms with Gasteiger partial charge in [-0.05, 0) is 19.3 Å². The molecule has 0 bridgehead atoms. The summed E-state index contributed by atoms with van der Waals surface area (Å²) in [5.41, 5.74) is 0. The molecule has 5 nitrogen and oxygen atoms in total. The fraction of sp³-hybridized carbons (Fsp3) is 0.500. The molecule has 0 saturated carbocycles. The Morgan fingerprint density at radius 3 is 2.11 bits per heavy atom. The van der Waals surface area contributed by atoms with Crippen LogP contribution < -0.4 is 14.2 Å². The third kappa shape index (κ3) is 5.99. The second-order valence-electron chi connectivity index (χ2n) is 4.10. The second kappa shape index (κ2) is 8.24. The first-order valence-corrected chi connectivity index (χ1v) is 6.23. The first-order valence-electron chi connectivity index (χ1n) is 6.23. The lowest BCUT2D eigenvalue weighted by Gasteiger charge is -2.10. The number of hydrogen-bond donors (Lipinski definition) is 1. The maximum absolute atomic E-state index is 10.3. The van der Waals surface area contributed by atoms with Crippen molar-refractivity contribution in [2.45, 2.75) is 25.7 Å². The van der Waals surface area contributed by atoms with E-state index in [-0.39, 0.29) is 6.42 Å². The van der Waals surface area contributed by atoms with Crippen LogP contribution in [-0.2, 0) is 4.79 Å². The molecular formula is C14H20O5. The van der Waals surface area contributed by atoms with Crippen molar-refractivity contribution in [3.63, 3.8) is 0 Å². The summed E-state index contributed by atoms with van der Waals surface area (Å²) in [5, 5.41) is 8.50. The molecule has 0 saturated heterocycles. The Kier molecular flexibility index (Phi) is 6.57. The highest BCUT2D eigenvalue weighted by molar-refractivity contribution is 5.66. The first-order chi connectivity index (χ1) is 9.15. The van der Waals surface area contributed by atoms with Crippen LogP contribution in [0.2, 0.25) is 0 Å². The standard InChI is InChI=1S/C14H20O5/c1-17-11-8-12(18-2)10-13(9-11)19-7-5-3-4-6-14(15)16/h8-10H,3-7H2,1-2H3,(H,15,16). The van der Waals surface area contributed by atoms with Crippen LogP contribution in [0.25, 0.3) is 0 Å². The Balaban J connectivity index is 2.34. The maximum Gasteiger partial charge on any atom is 0.303 e. The highest BCUT2D eigenvalue weighted by Gasteiger charge is 2.03. The molecule has 0 aliphatic heterocycles. The molecule has 5 heteroatoms. The van der Waals surface area contributed by atoms with Gasteiger partial charge in [0.15, 0.2) is 0 Å². The lowest BCUT2D eigenvalue weighted by molar-refractivity contribution is -0.137. The summed E-state index contributed by atoms with van der Waals surface area (Å²) in [4.78, 5) is 10.3. The molecule has 0 spiro atoms. The summed E-state index contributed by atoms with van der Waals surface area (Å²) < 4.78 is 15.9. The molecule has 0 aromatic heterocycles. The van der Waals surface area contributed by atoms with Gasteiger partial charge in [-0.2, -0.15) is 0 Å². The zero-order chi connectivity index (χ0) is 14.1. The van der Waals surface area contributed by atoms with E-state index in [0.29, 0.717) is 30.3 Å². The topological polar surface area (TPSA) is 65.0 Å². The number of aliphatic carboxylic acids is 1. The van der Waals surface area contributed by atoms with Crippen LogP contribution in [0.5, 0.6) is 17.2 Å². The van der Waals surface area contributed by atoms with Gasteiger partial charge in [0.05, 0.1) is 20.8 Å². The molecule has 106 valence electrons. The molecular weight excluding hydrogens is 248 g/mol. The van der Waals surface area contributed by atoms with E-state index in [0.717, 1.165) is 12.8 Å². The number of hydrogen-bond acceptors (Lipinski definition) is 4. The van der Waals surface area contributed by atoms with Crippen LogP contribution in [0.3, 0.4) is 0 Å². The normalized spacial score (nSPS) is 10.0. The molecule has 1 aromatic carbocycles. The summed E-state index contributed by atoms with van der Waals surface area (Å²) in [6, 6.07) is 5.36. The average Bonchev–Trinajstić information content (AvgIpc) is 2.41. The van der Waals surface area contributed by atoms with Gasteiger partial charge in [-0.25, -0.2) is 0 Å². The molecule has 0 heterocycles. The van der Waals surface area contributed by atoms with Crippen molar-refractivity contribution < 1.29 is 24.1 Å². The predicted octanol–water partition coefficient (Wildman–Crippen LogP) is 2.73. The van der Waals surface area contributed by atoms with E-state index in [4.69, 9.17) is 19.3 Å². The lowest BCUT2D eigenvalue weighted by Crippen LogP contribution is -1.99. The molecule has 1 rings (SSSR count). The van der Waals surface area contributed by atoms with Crippen LogP contribution >= 0.6 is 0 Å². The summed E-state index contributed by atoms with van der Waals surface area (Å²) in [6.07, 6.45) is 2.56. The minimum atomic E-state index is -0.751. The van der Waals surface area contributed by atoms with Crippen molar-refractivity contribution in [2.75, 3.05) is 20.8 Å². The highest BCUT2D eigenvalue weighted by Crippen LogP contribution is 2.27. The Hall–Kier alpha value is -1.91. The monoisotopic (exact) mass is 268 g/mol. The Bertz CT molecular complexity index is 381. The fourth-order valence-corrected chi connectivity index (χ4v) is 1.61. The quantitative estimate of drug-likeness (QED) is 0.698. The third-order valence-electron chi connectivity index (χ3n) is 2.63. The molecule has 1 aromatic rings. The maximum atomic E-state index is 10.3. The lowest BCUT2D eigenvalue weighted by atomic mass is 10.2. The van der Waals surface area contributed by atoms with Crippen LogP contribution in [0.4, 0.5) is 0 Å². The summed E-state index contributed by atoms with van der Waals surface area (Å²) in [5.74, 6) is 1.30. The molecule has 0 aliphatic rings. The van der Waals surface area contributed by atoms with E-state index in [1.807, 2.05) is 0 Å². The third-order valence-corrected chi connectivity index (χ3v) is 2.63. The van der Waals surface area contributed by atoms with Gasteiger partial charge in [-0.15, -0.1) is 0 Å². The van der Waals surface area contributed by atoms with Crippen molar-refractivity contribution in [3.8, 4) is 17.2 Å². The Morgan fingerprint density at radius 1 is 1.00 bits per heavy atom. The number of benzene rings is 1. The van der Waals surface area contributed by atoms with Gasteiger partial charge < -0.3 is 19.3 Å². The molecule has 0 fully saturated rings. The predicted molar refractivity (Wildman–Crippen MR) is 71.1 cm³/mol. The number of rotatable bonds is 9. The number of ether oxygens (including phenoxy) is 3. The van der Waals surface area contributed by atoms with Gasteiger partial charge in [0.2, 0.25) is 0 Å². The van der Waals surface area contributed by atoms with E-state index in [9.17, 15) is 4.79 Å². The van der Waals surface area contributed by atoms with E-state index >= 15 is 0 Å². The molecule has 19 heavy (non-hydrogen) atoms. The van der Waals surface area contributed by atoms with Crippen LogP contribution in [-0.4, -0.2) is 31.9 Å². The second-order valence-corrected chi connectivity index (χ2v) is 4.10. The van der Waals surface area contributed by atoms with E-state index in [1.165, 1.54) is 0 Å². The van der Waals surface area contributed by atoms with Crippen LogP contribution in [0.1, 0.15) is 25.7 Å². The van der Waals surface area contributed by atoms with E-state index in [1.54, 1.807) is 32.4 Å². The minimum Gasteiger partial charge on any atom is -0.496 e. The number of carboxylic acids is 1.